The van der Waals surface area contributed by atoms with E-state index in [2.05, 4.69) is 5.32 Å². The molecule has 0 saturated heterocycles. The van der Waals surface area contributed by atoms with Crippen molar-refractivity contribution >= 4 is 0 Å². The Hall–Kier alpha value is -1.87. The van der Waals surface area contributed by atoms with Crippen molar-refractivity contribution in [3.05, 3.63) is 65.0 Å². The minimum absolute atomic E-state index is 0.134. The Labute approximate surface area is 126 Å². The van der Waals surface area contributed by atoms with Gasteiger partial charge in [-0.05, 0) is 49.2 Å². The average Bonchev–Trinajstić information content (AvgIpc) is 2.47. The molecule has 0 amide bonds. The van der Waals surface area contributed by atoms with E-state index in [0.717, 1.165) is 23.2 Å². The van der Waals surface area contributed by atoms with E-state index in [9.17, 15) is 4.39 Å². The Bertz CT molecular complexity index is 598. The summed E-state index contributed by atoms with van der Waals surface area (Å²) < 4.78 is 19.7. The van der Waals surface area contributed by atoms with Gasteiger partial charge in [-0.25, -0.2) is 4.39 Å². The first-order chi connectivity index (χ1) is 10.1. The maximum absolute atomic E-state index is 14.1. The summed E-state index contributed by atoms with van der Waals surface area (Å²) in [6.45, 7) is 7.31. The number of halogens is 1. The normalized spacial score (nSPS) is 12.2. The lowest BCUT2D eigenvalue weighted by molar-refractivity contribution is 0.289. The second-order valence-electron chi connectivity index (χ2n) is 5.18. The van der Waals surface area contributed by atoms with E-state index in [-0.39, 0.29) is 11.9 Å². The molecule has 0 bridgehead atoms. The van der Waals surface area contributed by atoms with Gasteiger partial charge < -0.3 is 10.1 Å². The van der Waals surface area contributed by atoms with Gasteiger partial charge in [0.2, 0.25) is 0 Å². The lowest BCUT2D eigenvalue weighted by Crippen LogP contribution is -2.17. The molecule has 1 N–H and O–H groups in total. The SMILES string of the molecule is CCNC(C)c1ccc(OCc2ccccc2C)c(F)c1. The van der Waals surface area contributed by atoms with Crippen LogP contribution in [-0.4, -0.2) is 6.54 Å². The molecule has 2 aromatic rings. The molecule has 3 heteroatoms. The number of hydrogen-bond acceptors (Lipinski definition) is 2. The Morgan fingerprint density at radius 3 is 2.62 bits per heavy atom. The van der Waals surface area contributed by atoms with Crippen molar-refractivity contribution in [2.45, 2.75) is 33.4 Å². The highest BCUT2D eigenvalue weighted by Crippen LogP contribution is 2.23. The monoisotopic (exact) mass is 287 g/mol. The molecule has 112 valence electrons. The molecule has 0 saturated carbocycles. The Morgan fingerprint density at radius 1 is 1.19 bits per heavy atom. The molecule has 1 unspecified atom stereocenters. The van der Waals surface area contributed by atoms with Crippen molar-refractivity contribution in [2.24, 2.45) is 0 Å². The highest BCUT2D eigenvalue weighted by atomic mass is 19.1. The summed E-state index contributed by atoms with van der Waals surface area (Å²) in [6, 6.07) is 13.3. The molecule has 0 heterocycles. The summed E-state index contributed by atoms with van der Waals surface area (Å²) >= 11 is 0. The molecule has 0 spiro atoms. The molecular formula is C18H22FNO. The highest BCUT2D eigenvalue weighted by molar-refractivity contribution is 5.32. The first-order valence-electron chi connectivity index (χ1n) is 7.32. The number of nitrogens with one attached hydrogen (secondary N) is 1. The third-order valence-corrected chi connectivity index (χ3v) is 3.61. The Kier molecular flexibility index (Phi) is 5.34. The van der Waals surface area contributed by atoms with Gasteiger partial charge >= 0.3 is 0 Å². The van der Waals surface area contributed by atoms with Gasteiger partial charge in [0.1, 0.15) is 6.61 Å². The third kappa shape index (κ3) is 4.05. The fourth-order valence-electron chi connectivity index (χ4n) is 2.26. The van der Waals surface area contributed by atoms with Crippen LogP contribution in [0.25, 0.3) is 0 Å². The van der Waals surface area contributed by atoms with Crippen molar-refractivity contribution in [1.29, 1.82) is 0 Å². The van der Waals surface area contributed by atoms with E-state index < -0.39 is 0 Å². The van der Waals surface area contributed by atoms with Crippen LogP contribution < -0.4 is 10.1 Å². The Morgan fingerprint density at radius 2 is 1.95 bits per heavy atom. The molecular weight excluding hydrogens is 265 g/mol. The average molecular weight is 287 g/mol. The van der Waals surface area contributed by atoms with Crippen LogP contribution in [0.15, 0.2) is 42.5 Å². The summed E-state index contributed by atoms with van der Waals surface area (Å²) in [7, 11) is 0. The lowest BCUT2D eigenvalue weighted by Gasteiger charge is -2.14. The van der Waals surface area contributed by atoms with Gasteiger partial charge in [0.05, 0.1) is 0 Å². The summed E-state index contributed by atoms with van der Waals surface area (Å²) in [5.74, 6) is -0.0171. The summed E-state index contributed by atoms with van der Waals surface area (Å²) in [5, 5.41) is 3.27. The van der Waals surface area contributed by atoms with Crippen LogP contribution in [0.2, 0.25) is 0 Å². The van der Waals surface area contributed by atoms with E-state index in [0.29, 0.717) is 12.4 Å². The predicted molar refractivity (Wildman–Crippen MR) is 84.0 cm³/mol. The quantitative estimate of drug-likeness (QED) is 0.851. The van der Waals surface area contributed by atoms with E-state index in [1.807, 2.05) is 51.1 Å². The topological polar surface area (TPSA) is 21.3 Å². The van der Waals surface area contributed by atoms with Gasteiger partial charge in [-0.1, -0.05) is 37.3 Å². The minimum atomic E-state index is -0.314. The zero-order valence-electron chi connectivity index (χ0n) is 12.8. The predicted octanol–water partition coefficient (Wildman–Crippen LogP) is 4.38. The summed E-state index contributed by atoms with van der Waals surface area (Å²) in [6.07, 6.45) is 0. The maximum atomic E-state index is 14.1. The number of benzene rings is 2. The molecule has 2 aromatic carbocycles. The van der Waals surface area contributed by atoms with Crippen molar-refractivity contribution in [1.82, 2.24) is 5.32 Å². The summed E-state index contributed by atoms with van der Waals surface area (Å²) in [5.41, 5.74) is 3.15. The van der Waals surface area contributed by atoms with Crippen LogP contribution in [0.5, 0.6) is 5.75 Å². The number of hydrogen-bond donors (Lipinski definition) is 1. The maximum Gasteiger partial charge on any atom is 0.165 e. The molecule has 0 aliphatic heterocycles. The van der Waals surface area contributed by atoms with Crippen LogP contribution in [-0.2, 0) is 6.61 Å². The van der Waals surface area contributed by atoms with Crippen molar-refractivity contribution < 1.29 is 9.13 Å². The van der Waals surface area contributed by atoms with Gasteiger partial charge in [-0.3, -0.25) is 0 Å². The molecule has 1 atom stereocenters. The first-order valence-corrected chi connectivity index (χ1v) is 7.32. The lowest BCUT2D eigenvalue weighted by atomic mass is 10.1. The zero-order chi connectivity index (χ0) is 15.2. The zero-order valence-corrected chi connectivity index (χ0v) is 12.8. The van der Waals surface area contributed by atoms with Crippen molar-refractivity contribution in [2.75, 3.05) is 6.54 Å². The largest absolute Gasteiger partial charge is 0.486 e. The molecule has 2 nitrogen and oxygen atoms in total. The summed E-state index contributed by atoms with van der Waals surface area (Å²) in [4.78, 5) is 0. The molecule has 0 aliphatic carbocycles. The van der Waals surface area contributed by atoms with Crippen LogP contribution in [0, 0.1) is 12.7 Å². The number of aryl methyl sites for hydroxylation is 1. The van der Waals surface area contributed by atoms with Gasteiger partial charge in [0.25, 0.3) is 0 Å². The molecule has 2 rings (SSSR count). The van der Waals surface area contributed by atoms with Crippen molar-refractivity contribution in [3.63, 3.8) is 0 Å². The molecule has 0 aliphatic rings. The highest BCUT2D eigenvalue weighted by Gasteiger charge is 2.09. The van der Waals surface area contributed by atoms with E-state index in [4.69, 9.17) is 4.74 Å². The smallest absolute Gasteiger partial charge is 0.165 e. The molecule has 0 aromatic heterocycles. The fourth-order valence-corrected chi connectivity index (χ4v) is 2.26. The van der Waals surface area contributed by atoms with E-state index >= 15 is 0 Å². The standard InChI is InChI=1S/C18H22FNO/c1-4-20-14(3)15-9-10-18(17(19)11-15)21-12-16-8-6-5-7-13(16)2/h5-11,14,20H,4,12H2,1-3H3. The van der Waals surface area contributed by atoms with Crippen LogP contribution >= 0.6 is 0 Å². The number of ether oxygens (including phenoxy) is 1. The van der Waals surface area contributed by atoms with Gasteiger partial charge in [0, 0.05) is 6.04 Å². The van der Waals surface area contributed by atoms with Crippen molar-refractivity contribution in [3.8, 4) is 5.75 Å². The van der Waals surface area contributed by atoms with Crippen LogP contribution in [0.4, 0.5) is 4.39 Å². The Balaban J connectivity index is 2.06. The second-order valence-corrected chi connectivity index (χ2v) is 5.18. The van der Waals surface area contributed by atoms with Gasteiger partial charge in [-0.2, -0.15) is 0 Å². The van der Waals surface area contributed by atoms with Crippen LogP contribution in [0.3, 0.4) is 0 Å². The van der Waals surface area contributed by atoms with E-state index in [1.165, 1.54) is 0 Å². The first kappa shape index (κ1) is 15.5. The third-order valence-electron chi connectivity index (χ3n) is 3.61. The second kappa shape index (κ2) is 7.23. The fraction of sp³-hybridized carbons (Fsp3) is 0.333. The molecule has 0 radical (unpaired) electrons. The van der Waals surface area contributed by atoms with Gasteiger partial charge in [0.15, 0.2) is 11.6 Å². The number of rotatable bonds is 6. The minimum Gasteiger partial charge on any atom is -0.486 e. The molecule has 0 fully saturated rings. The molecule has 21 heavy (non-hydrogen) atoms. The van der Waals surface area contributed by atoms with Crippen LogP contribution in [0.1, 0.15) is 36.6 Å². The van der Waals surface area contributed by atoms with Gasteiger partial charge in [-0.15, -0.1) is 0 Å². The van der Waals surface area contributed by atoms with E-state index in [1.54, 1.807) is 12.1 Å².